The maximum absolute atomic E-state index is 11.6. The van der Waals surface area contributed by atoms with E-state index in [2.05, 4.69) is 10.3 Å². The summed E-state index contributed by atoms with van der Waals surface area (Å²) in [6.07, 6.45) is 0. The number of rotatable bonds is 2. The van der Waals surface area contributed by atoms with E-state index in [4.69, 9.17) is 5.73 Å². The maximum Gasteiger partial charge on any atom is 0.318 e. The molecule has 1 atom stereocenters. The van der Waals surface area contributed by atoms with E-state index >= 15 is 0 Å². The summed E-state index contributed by atoms with van der Waals surface area (Å²) >= 11 is 2.91. The number of fused-ring (bicyclic) bond motifs is 1. The number of nitrogens with zero attached hydrogens (tertiary/aromatic N) is 1. The Balaban J connectivity index is 2.03. The Bertz CT molecular complexity index is 546. The van der Waals surface area contributed by atoms with Gasteiger partial charge in [-0.2, -0.15) is 0 Å². The van der Waals surface area contributed by atoms with Gasteiger partial charge >= 0.3 is 6.03 Å². The van der Waals surface area contributed by atoms with E-state index in [-0.39, 0.29) is 0 Å². The van der Waals surface area contributed by atoms with Gasteiger partial charge in [0, 0.05) is 5.75 Å². The molecule has 2 rings (SSSR count). The zero-order chi connectivity index (χ0) is 13.8. The average molecular weight is 295 g/mol. The van der Waals surface area contributed by atoms with Gasteiger partial charge in [0.05, 0.1) is 10.9 Å². The van der Waals surface area contributed by atoms with E-state index in [0.717, 1.165) is 15.8 Å². The molecule has 1 aliphatic heterocycles. The highest BCUT2D eigenvalue weighted by Gasteiger charge is 2.20. The molecule has 5 nitrogen and oxygen atoms in total. The lowest BCUT2D eigenvalue weighted by Gasteiger charge is -2.16. The van der Waals surface area contributed by atoms with Crippen LogP contribution in [0.1, 0.15) is 12.5 Å². The minimum absolute atomic E-state index is 0.403. The van der Waals surface area contributed by atoms with Crippen LogP contribution in [0, 0.1) is 0 Å². The van der Waals surface area contributed by atoms with Crippen LogP contribution in [0.15, 0.2) is 29.3 Å². The molecular weight excluding hydrogens is 282 g/mol. The molecule has 3 amide bonds. The number of carbonyl (C=O) groups excluding carboxylic acids is 2. The van der Waals surface area contributed by atoms with Crippen molar-refractivity contribution < 1.29 is 9.59 Å². The Morgan fingerprint density at radius 1 is 1.47 bits per heavy atom. The second-order valence-corrected chi connectivity index (χ2v) is 6.46. The highest BCUT2D eigenvalue weighted by atomic mass is 32.2. The molecule has 0 radical (unpaired) electrons. The number of benzene rings is 1. The van der Waals surface area contributed by atoms with E-state index in [1.165, 1.54) is 17.3 Å². The summed E-state index contributed by atoms with van der Waals surface area (Å²) in [5.74, 6) is 0.436. The number of urea groups is 1. The SMILES string of the molecule is C[C@@H](SC1=Nc2ccccc2CS1)C(=O)NC(N)=O. The number of nitrogens with one attached hydrogen (secondary N) is 1. The van der Waals surface area contributed by atoms with Crippen LogP contribution in [0.2, 0.25) is 0 Å². The van der Waals surface area contributed by atoms with Gasteiger partial charge in [-0.25, -0.2) is 9.79 Å². The molecule has 1 aliphatic rings. The quantitative estimate of drug-likeness (QED) is 0.876. The molecule has 0 bridgehead atoms. The van der Waals surface area contributed by atoms with Crippen molar-refractivity contribution in [2.45, 2.75) is 17.9 Å². The fraction of sp³-hybridized carbons (Fsp3) is 0.250. The molecule has 0 unspecified atom stereocenters. The van der Waals surface area contributed by atoms with Gasteiger partial charge in [-0.1, -0.05) is 41.7 Å². The number of hydrogen-bond acceptors (Lipinski definition) is 5. The number of carbonyl (C=O) groups is 2. The van der Waals surface area contributed by atoms with E-state index in [1.54, 1.807) is 18.7 Å². The Morgan fingerprint density at radius 2 is 2.21 bits per heavy atom. The summed E-state index contributed by atoms with van der Waals surface area (Å²) in [4.78, 5) is 26.7. The van der Waals surface area contributed by atoms with Crippen LogP contribution in [0.3, 0.4) is 0 Å². The first kappa shape index (κ1) is 14.0. The average Bonchev–Trinajstić information content (AvgIpc) is 2.37. The lowest BCUT2D eigenvalue weighted by Crippen LogP contribution is -2.39. The van der Waals surface area contributed by atoms with Crippen molar-refractivity contribution in [3.05, 3.63) is 29.8 Å². The topological polar surface area (TPSA) is 84.6 Å². The number of primary amides is 1. The van der Waals surface area contributed by atoms with Crippen molar-refractivity contribution in [1.82, 2.24) is 5.32 Å². The smallest absolute Gasteiger partial charge is 0.318 e. The van der Waals surface area contributed by atoms with Crippen molar-refractivity contribution in [2.75, 3.05) is 0 Å². The van der Waals surface area contributed by atoms with E-state index in [9.17, 15) is 9.59 Å². The predicted molar refractivity (Wildman–Crippen MR) is 79.6 cm³/mol. The van der Waals surface area contributed by atoms with Crippen molar-refractivity contribution in [3.63, 3.8) is 0 Å². The molecule has 3 N–H and O–H groups in total. The molecule has 0 spiro atoms. The Kier molecular flexibility index (Phi) is 4.49. The van der Waals surface area contributed by atoms with E-state index in [1.807, 2.05) is 24.3 Å². The van der Waals surface area contributed by atoms with Crippen molar-refractivity contribution in [2.24, 2.45) is 10.7 Å². The van der Waals surface area contributed by atoms with Gasteiger partial charge < -0.3 is 5.73 Å². The number of para-hydroxylation sites is 1. The van der Waals surface area contributed by atoms with Crippen LogP contribution in [0.4, 0.5) is 10.5 Å². The fourth-order valence-corrected chi connectivity index (χ4v) is 3.69. The molecule has 1 aromatic rings. The fourth-order valence-electron chi connectivity index (χ4n) is 1.50. The summed E-state index contributed by atoms with van der Waals surface area (Å²) in [6.45, 7) is 1.71. The highest BCUT2D eigenvalue weighted by molar-refractivity contribution is 8.39. The molecule has 7 heteroatoms. The van der Waals surface area contributed by atoms with Crippen molar-refractivity contribution in [1.29, 1.82) is 0 Å². The first-order valence-electron chi connectivity index (χ1n) is 5.62. The summed E-state index contributed by atoms with van der Waals surface area (Å²) in [6, 6.07) is 7.07. The Labute approximate surface area is 119 Å². The van der Waals surface area contributed by atoms with Gasteiger partial charge in [0.15, 0.2) is 0 Å². The molecule has 0 saturated heterocycles. The third kappa shape index (κ3) is 3.74. The molecule has 0 saturated carbocycles. The highest BCUT2D eigenvalue weighted by Crippen LogP contribution is 2.35. The minimum atomic E-state index is -0.832. The first-order valence-corrected chi connectivity index (χ1v) is 7.49. The standard InChI is InChI=1S/C12H13N3O2S2/c1-7(10(16)15-11(13)17)19-12-14-9-5-3-2-4-8(9)6-18-12/h2-5,7H,6H2,1H3,(H3,13,15,16,17)/t7-/m1/s1. The summed E-state index contributed by atoms with van der Waals surface area (Å²) in [5, 5.41) is 1.65. The third-order valence-corrected chi connectivity index (χ3v) is 4.74. The molecular formula is C12H13N3O2S2. The number of thioether (sulfide) groups is 2. The van der Waals surface area contributed by atoms with Crippen LogP contribution in [-0.2, 0) is 10.5 Å². The van der Waals surface area contributed by atoms with Gasteiger partial charge in [0.25, 0.3) is 0 Å². The van der Waals surface area contributed by atoms with Crippen molar-refractivity contribution in [3.8, 4) is 0 Å². The molecule has 19 heavy (non-hydrogen) atoms. The molecule has 0 fully saturated rings. The van der Waals surface area contributed by atoms with Gasteiger partial charge in [-0.3, -0.25) is 10.1 Å². The second-order valence-electron chi connectivity index (χ2n) is 3.91. The Hall–Kier alpha value is -1.47. The summed E-state index contributed by atoms with van der Waals surface area (Å²) in [5.41, 5.74) is 7.03. The van der Waals surface area contributed by atoms with Crippen LogP contribution in [-0.4, -0.2) is 21.6 Å². The molecule has 1 heterocycles. The van der Waals surface area contributed by atoms with Crippen LogP contribution in [0.25, 0.3) is 0 Å². The summed E-state index contributed by atoms with van der Waals surface area (Å²) in [7, 11) is 0. The van der Waals surface area contributed by atoms with Crippen molar-refractivity contribution >= 4 is 45.5 Å². The zero-order valence-corrected chi connectivity index (χ0v) is 11.9. The second kappa shape index (κ2) is 6.12. The predicted octanol–water partition coefficient (Wildman–Crippen LogP) is 2.24. The van der Waals surface area contributed by atoms with Crippen LogP contribution < -0.4 is 11.1 Å². The minimum Gasteiger partial charge on any atom is -0.351 e. The van der Waals surface area contributed by atoms with Gasteiger partial charge in [0.1, 0.15) is 4.38 Å². The molecule has 1 aromatic carbocycles. The van der Waals surface area contributed by atoms with Gasteiger partial charge in [0.2, 0.25) is 5.91 Å². The number of hydrogen-bond donors (Lipinski definition) is 2. The van der Waals surface area contributed by atoms with Crippen LogP contribution >= 0.6 is 23.5 Å². The van der Waals surface area contributed by atoms with E-state index < -0.39 is 17.2 Å². The molecule has 0 aromatic heterocycles. The molecule has 100 valence electrons. The normalized spacial score (nSPS) is 15.1. The number of aliphatic imine (C=N–C) groups is 1. The summed E-state index contributed by atoms with van der Waals surface area (Å²) < 4.78 is 0.825. The first-order chi connectivity index (χ1) is 9.06. The third-order valence-electron chi connectivity index (χ3n) is 2.45. The number of imide groups is 1. The van der Waals surface area contributed by atoms with Gasteiger partial charge in [-0.15, -0.1) is 0 Å². The molecule has 0 aliphatic carbocycles. The Morgan fingerprint density at radius 3 is 2.95 bits per heavy atom. The zero-order valence-electron chi connectivity index (χ0n) is 10.3. The maximum atomic E-state index is 11.6. The van der Waals surface area contributed by atoms with Gasteiger partial charge in [-0.05, 0) is 18.6 Å². The van der Waals surface area contributed by atoms with Crippen LogP contribution in [0.5, 0.6) is 0 Å². The number of nitrogens with two attached hydrogens (primary N) is 1. The lowest BCUT2D eigenvalue weighted by molar-refractivity contribution is -0.119. The lowest BCUT2D eigenvalue weighted by atomic mass is 10.2. The monoisotopic (exact) mass is 295 g/mol. The largest absolute Gasteiger partial charge is 0.351 e. The number of amides is 3. The van der Waals surface area contributed by atoms with E-state index in [0.29, 0.717) is 0 Å².